The number of ketones is 1. The number of benzene rings is 1. The summed E-state index contributed by atoms with van der Waals surface area (Å²) in [6, 6.07) is 9.38. The predicted octanol–water partition coefficient (Wildman–Crippen LogP) is 3.58. The van der Waals surface area contributed by atoms with Gasteiger partial charge in [0.05, 0.1) is 4.88 Å². The van der Waals surface area contributed by atoms with Crippen LogP contribution in [0.3, 0.4) is 0 Å². The number of halogens is 1. The van der Waals surface area contributed by atoms with E-state index in [9.17, 15) is 9.18 Å². The fourth-order valence-corrected chi connectivity index (χ4v) is 2.63. The van der Waals surface area contributed by atoms with E-state index < -0.39 is 0 Å². The molecular formula is C15H9FN2OS. The number of hydrogen-bond donors (Lipinski definition) is 0. The molecule has 5 heteroatoms. The zero-order valence-corrected chi connectivity index (χ0v) is 11.1. The van der Waals surface area contributed by atoms with E-state index in [1.807, 2.05) is 0 Å². The van der Waals surface area contributed by atoms with E-state index in [0.717, 1.165) is 5.56 Å². The van der Waals surface area contributed by atoms with Crippen molar-refractivity contribution in [3.63, 3.8) is 0 Å². The summed E-state index contributed by atoms with van der Waals surface area (Å²) in [4.78, 5) is 20.9. The third-order valence-electron chi connectivity index (χ3n) is 2.76. The maximum absolute atomic E-state index is 12.9. The Kier molecular flexibility index (Phi) is 3.35. The Bertz CT molecular complexity index is 738. The topological polar surface area (TPSA) is 42.9 Å². The van der Waals surface area contributed by atoms with E-state index in [1.165, 1.54) is 23.5 Å². The van der Waals surface area contributed by atoms with Crippen molar-refractivity contribution in [1.82, 2.24) is 9.97 Å². The highest BCUT2D eigenvalue weighted by molar-refractivity contribution is 7.17. The smallest absolute Gasteiger partial charge is 0.204 e. The van der Waals surface area contributed by atoms with Gasteiger partial charge in [-0.3, -0.25) is 9.78 Å². The minimum Gasteiger partial charge on any atom is -0.288 e. The van der Waals surface area contributed by atoms with Crippen LogP contribution < -0.4 is 0 Å². The molecule has 0 aliphatic rings. The number of thiazole rings is 1. The molecule has 98 valence electrons. The third-order valence-corrected chi connectivity index (χ3v) is 3.81. The quantitative estimate of drug-likeness (QED) is 0.690. The van der Waals surface area contributed by atoms with Gasteiger partial charge in [0.1, 0.15) is 10.8 Å². The molecule has 0 atom stereocenters. The first-order valence-corrected chi connectivity index (χ1v) is 6.72. The Labute approximate surface area is 118 Å². The Morgan fingerprint density at radius 3 is 2.45 bits per heavy atom. The van der Waals surface area contributed by atoms with Gasteiger partial charge in [0, 0.05) is 29.7 Å². The molecule has 0 radical (unpaired) electrons. The fourth-order valence-electron chi connectivity index (χ4n) is 1.75. The van der Waals surface area contributed by atoms with Gasteiger partial charge in [-0.1, -0.05) is 0 Å². The molecule has 0 aliphatic carbocycles. The summed E-state index contributed by atoms with van der Waals surface area (Å²) in [5.41, 5.74) is 1.37. The van der Waals surface area contributed by atoms with Crippen LogP contribution in [-0.2, 0) is 0 Å². The largest absolute Gasteiger partial charge is 0.288 e. The number of hydrogen-bond acceptors (Lipinski definition) is 4. The van der Waals surface area contributed by atoms with E-state index in [4.69, 9.17) is 0 Å². The second kappa shape index (κ2) is 5.30. The van der Waals surface area contributed by atoms with Crippen molar-refractivity contribution < 1.29 is 9.18 Å². The number of carbonyl (C=O) groups excluding carboxylic acids is 1. The summed E-state index contributed by atoms with van der Waals surface area (Å²) in [5, 5.41) is 0.697. The molecule has 0 amide bonds. The molecule has 0 spiro atoms. The van der Waals surface area contributed by atoms with Crippen molar-refractivity contribution in [2.45, 2.75) is 0 Å². The van der Waals surface area contributed by atoms with Crippen molar-refractivity contribution in [2.75, 3.05) is 0 Å². The molecule has 0 saturated carbocycles. The van der Waals surface area contributed by atoms with Crippen LogP contribution in [0.2, 0.25) is 0 Å². The summed E-state index contributed by atoms with van der Waals surface area (Å²) >= 11 is 1.29. The second-order valence-electron chi connectivity index (χ2n) is 4.10. The maximum atomic E-state index is 12.9. The van der Waals surface area contributed by atoms with E-state index in [-0.39, 0.29) is 11.6 Å². The highest BCUT2D eigenvalue weighted by Gasteiger charge is 2.13. The molecule has 2 heterocycles. The van der Waals surface area contributed by atoms with Crippen molar-refractivity contribution in [2.24, 2.45) is 0 Å². The van der Waals surface area contributed by atoms with E-state index in [1.54, 1.807) is 42.9 Å². The van der Waals surface area contributed by atoms with Crippen molar-refractivity contribution in [3.8, 4) is 10.6 Å². The molecule has 3 rings (SSSR count). The number of nitrogens with zero attached hydrogens (tertiary/aromatic N) is 2. The van der Waals surface area contributed by atoms with Crippen LogP contribution in [0.15, 0.2) is 55.0 Å². The van der Waals surface area contributed by atoms with Crippen LogP contribution in [0.1, 0.15) is 15.2 Å². The Balaban J connectivity index is 1.91. The molecule has 3 nitrogen and oxygen atoms in total. The van der Waals surface area contributed by atoms with Crippen LogP contribution in [0.5, 0.6) is 0 Å². The third kappa shape index (κ3) is 2.48. The molecule has 0 aliphatic heterocycles. The van der Waals surface area contributed by atoms with Crippen molar-refractivity contribution in [1.29, 1.82) is 0 Å². The number of aromatic nitrogens is 2. The monoisotopic (exact) mass is 284 g/mol. The summed E-state index contributed by atoms with van der Waals surface area (Å²) in [7, 11) is 0. The molecule has 2 aromatic heterocycles. The molecule has 0 bridgehead atoms. The molecule has 20 heavy (non-hydrogen) atoms. The lowest BCUT2D eigenvalue weighted by Crippen LogP contribution is -1.97. The lowest BCUT2D eigenvalue weighted by atomic mass is 10.1. The van der Waals surface area contributed by atoms with Crippen LogP contribution in [0.4, 0.5) is 4.39 Å². The molecule has 1 aromatic carbocycles. The van der Waals surface area contributed by atoms with Crippen LogP contribution in [0.25, 0.3) is 10.6 Å². The highest BCUT2D eigenvalue weighted by Crippen LogP contribution is 2.26. The first-order chi connectivity index (χ1) is 9.74. The van der Waals surface area contributed by atoms with Gasteiger partial charge in [-0.25, -0.2) is 9.37 Å². The Morgan fingerprint density at radius 1 is 1.05 bits per heavy atom. The molecule has 0 fully saturated rings. The lowest BCUT2D eigenvalue weighted by molar-refractivity contribution is 0.104. The van der Waals surface area contributed by atoms with Crippen LogP contribution >= 0.6 is 11.3 Å². The second-order valence-corrected chi connectivity index (χ2v) is 5.13. The first kappa shape index (κ1) is 12.6. The molecular weight excluding hydrogens is 275 g/mol. The summed E-state index contributed by atoms with van der Waals surface area (Å²) in [6.07, 6.45) is 4.70. The molecule has 0 saturated heterocycles. The van der Waals surface area contributed by atoms with E-state index in [2.05, 4.69) is 9.97 Å². The molecule has 0 unspecified atom stereocenters. The number of pyridine rings is 1. The summed E-state index contributed by atoms with van der Waals surface area (Å²) in [6.45, 7) is 0. The highest BCUT2D eigenvalue weighted by atomic mass is 32.1. The maximum Gasteiger partial charge on any atom is 0.204 e. The van der Waals surface area contributed by atoms with Gasteiger partial charge in [0.2, 0.25) is 5.78 Å². The van der Waals surface area contributed by atoms with E-state index in [0.29, 0.717) is 15.4 Å². The normalized spacial score (nSPS) is 10.4. The molecule has 3 aromatic rings. The average molecular weight is 284 g/mol. The van der Waals surface area contributed by atoms with Gasteiger partial charge in [-0.15, -0.1) is 11.3 Å². The summed E-state index contributed by atoms with van der Waals surface area (Å²) in [5.74, 6) is -0.378. The van der Waals surface area contributed by atoms with E-state index >= 15 is 0 Å². The Hall–Kier alpha value is -2.40. The number of rotatable bonds is 3. The first-order valence-electron chi connectivity index (χ1n) is 5.90. The van der Waals surface area contributed by atoms with Crippen molar-refractivity contribution >= 4 is 17.1 Å². The Morgan fingerprint density at radius 2 is 1.75 bits per heavy atom. The average Bonchev–Trinajstić information content (AvgIpc) is 2.98. The van der Waals surface area contributed by atoms with Gasteiger partial charge < -0.3 is 0 Å². The lowest BCUT2D eigenvalue weighted by Gasteiger charge is -1.96. The minimum atomic E-state index is -0.293. The van der Waals surface area contributed by atoms with Gasteiger partial charge in [0.25, 0.3) is 0 Å². The van der Waals surface area contributed by atoms with Crippen LogP contribution in [0, 0.1) is 5.82 Å². The zero-order chi connectivity index (χ0) is 13.9. The standard InChI is InChI=1S/C15H9FN2OS/c16-12-3-1-11(2-4-12)15-18-9-13(20-15)14(19)10-5-7-17-8-6-10/h1-9H. The number of carbonyl (C=O) groups is 1. The van der Waals surface area contributed by atoms with Gasteiger partial charge in [0.15, 0.2) is 0 Å². The summed E-state index contributed by atoms with van der Waals surface area (Å²) < 4.78 is 12.9. The fraction of sp³-hybridized carbons (Fsp3) is 0. The minimum absolute atomic E-state index is 0.0849. The van der Waals surface area contributed by atoms with Gasteiger partial charge in [-0.2, -0.15) is 0 Å². The van der Waals surface area contributed by atoms with Gasteiger partial charge >= 0.3 is 0 Å². The zero-order valence-electron chi connectivity index (χ0n) is 10.3. The SMILES string of the molecule is O=C(c1ccncc1)c1cnc(-c2ccc(F)cc2)s1. The predicted molar refractivity (Wildman–Crippen MR) is 75.2 cm³/mol. The van der Waals surface area contributed by atoms with Gasteiger partial charge in [-0.05, 0) is 36.4 Å². The molecule has 0 N–H and O–H groups in total. The van der Waals surface area contributed by atoms with Crippen LogP contribution in [-0.4, -0.2) is 15.8 Å². The van der Waals surface area contributed by atoms with Crippen molar-refractivity contribution in [3.05, 3.63) is 71.2 Å².